The molecule has 116 valence electrons. The van der Waals surface area contributed by atoms with Crippen LogP contribution in [0.5, 0.6) is 5.75 Å². The summed E-state index contributed by atoms with van der Waals surface area (Å²) in [5.74, 6) is -0.999. The van der Waals surface area contributed by atoms with Gasteiger partial charge in [-0.3, -0.25) is 4.79 Å². The predicted molar refractivity (Wildman–Crippen MR) is 75.5 cm³/mol. The van der Waals surface area contributed by atoms with Crippen LogP contribution in [0.25, 0.3) is 0 Å². The van der Waals surface area contributed by atoms with Gasteiger partial charge in [-0.15, -0.1) is 0 Å². The van der Waals surface area contributed by atoms with Crippen molar-refractivity contribution in [2.24, 2.45) is 0 Å². The first kappa shape index (κ1) is 15.9. The van der Waals surface area contributed by atoms with E-state index in [0.717, 1.165) is 5.56 Å². The summed E-state index contributed by atoms with van der Waals surface area (Å²) in [6.07, 6.45) is 0.504. The van der Waals surface area contributed by atoms with Crippen LogP contribution in [-0.4, -0.2) is 19.1 Å². The van der Waals surface area contributed by atoms with Crippen LogP contribution >= 0.6 is 0 Å². The molecule has 1 amide bonds. The van der Waals surface area contributed by atoms with E-state index in [0.29, 0.717) is 13.0 Å². The van der Waals surface area contributed by atoms with Crippen molar-refractivity contribution in [2.75, 3.05) is 6.54 Å². The lowest BCUT2D eigenvalue weighted by Crippen LogP contribution is -2.26. The number of amides is 1. The molecular formula is C16H14F3NO2. The number of benzene rings is 2. The van der Waals surface area contributed by atoms with Gasteiger partial charge in [0, 0.05) is 6.54 Å². The summed E-state index contributed by atoms with van der Waals surface area (Å²) in [4.78, 5) is 12.0. The third kappa shape index (κ3) is 4.51. The maximum Gasteiger partial charge on any atom is 0.387 e. The summed E-state index contributed by atoms with van der Waals surface area (Å²) >= 11 is 0. The Morgan fingerprint density at radius 1 is 1.09 bits per heavy atom. The molecule has 3 nitrogen and oxygen atoms in total. The average Bonchev–Trinajstić information content (AvgIpc) is 2.49. The van der Waals surface area contributed by atoms with Crippen LogP contribution in [0.3, 0.4) is 0 Å². The Morgan fingerprint density at radius 2 is 1.77 bits per heavy atom. The van der Waals surface area contributed by atoms with Crippen molar-refractivity contribution in [1.29, 1.82) is 0 Å². The first-order valence-electron chi connectivity index (χ1n) is 6.63. The molecule has 0 unspecified atom stereocenters. The molecule has 0 aliphatic rings. The number of rotatable bonds is 6. The third-order valence-corrected chi connectivity index (χ3v) is 2.96. The summed E-state index contributed by atoms with van der Waals surface area (Å²) in [6.45, 7) is -2.69. The number of nitrogens with one attached hydrogen (secondary N) is 1. The minimum Gasteiger partial charge on any atom is -0.434 e. The van der Waals surface area contributed by atoms with E-state index in [1.807, 2.05) is 0 Å². The van der Waals surface area contributed by atoms with Crippen molar-refractivity contribution < 1.29 is 22.7 Å². The highest BCUT2D eigenvalue weighted by Gasteiger charge is 2.14. The van der Waals surface area contributed by atoms with Crippen molar-refractivity contribution in [3.05, 3.63) is 65.5 Å². The summed E-state index contributed by atoms with van der Waals surface area (Å²) in [5, 5.41) is 2.62. The quantitative estimate of drug-likeness (QED) is 0.888. The van der Waals surface area contributed by atoms with Gasteiger partial charge in [0.1, 0.15) is 11.6 Å². The molecule has 1 N–H and O–H groups in total. The average molecular weight is 309 g/mol. The van der Waals surface area contributed by atoms with Gasteiger partial charge < -0.3 is 10.1 Å². The molecule has 22 heavy (non-hydrogen) atoms. The van der Waals surface area contributed by atoms with Crippen molar-refractivity contribution >= 4 is 5.91 Å². The Labute approximate surface area is 125 Å². The van der Waals surface area contributed by atoms with Gasteiger partial charge in [0.25, 0.3) is 5.91 Å². The fourth-order valence-electron chi connectivity index (χ4n) is 1.92. The van der Waals surface area contributed by atoms with Crippen LogP contribution in [0.2, 0.25) is 0 Å². The van der Waals surface area contributed by atoms with Crippen molar-refractivity contribution in [3.63, 3.8) is 0 Å². The van der Waals surface area contributed by atoms with Gasteiger partial charge in [-0.05, 0) is 36.2 Å². The van der Waals surface area contributed by atoms with Crippen LogP contribution in [-0.2, 0) is 6.42 Å². The topological polar surface area (TPSA) is 38.3 Å². The maximum atomic E-state index is 12.8. The standard InChI is InChI=1S/C16H14F3NO2/c17-12-7-5-11(6-8-12)9-10-20-15(21)13-3-1-2-4-14(13)22-16(18)19/h1-8,16H,9-10H2,(H,20,21). The molecule has 0 spiro atoms. The summed E-state index contributed by atoms with van der Waals surface area (Å²) in [5.41, 5.74) is 0.903. The van der Waals surface area contributed by atoms with Gasteiger partial charge in [0.15, 0.2) is 0 Å². The molecule has 0 radical (unpaired) electrons. The van der Waals surface area contributed by atoms with Crippen molar-refractivity contribution in [2.45, 2.75) is 13.0 Å². The molecule has 0 heterocycles. The van der Waals surface area contributed by atoms with E-state index in [2.05, 4.69) is 10.1 Å². The molecule has 0 aromatic heterocycles. The molecule has 0 saturated heterocycles. The molecule has 2 rings (SSSR count). The number of hydrogen-bond acceptors (Lipinski definition) is 2. The number of carbonyl (C=O) groups excluding carboxylic acids is 1. The van der Waals surface area contributed by atoms with Gasteiger partial charge in [0.05, 0.1) is 5.56 Å². The number of carbonyl (C=O) groups is 1. The zero-order valence-electron chi connectivity index (χ0n) is 11.6. The SMILES string of the molecule is O=C(NCCc1ccc(F)cc1)c1ccccc1OC(F)F. The minimum absolute atomic E-state index is 0.0434. The van der Waals surface area contributed by atoms with E-state index < -0.39 is 12.5 Å². The fourth-order valence-corrected chi connectivity index (χ4v) is 1.92. The zero-order chi connectivity index (χ0) is 15.9. The predicted octanol–water partition coefficient (Wildman–Crippen LogP) is 3.40. The smallest absolute Gasteiger partial charge is 0.387 e. The number of halogens is 3. The Balaban J connectivity index is 1.93. The van der Waals surface area contributed by atoms with Gasteiger partial charge in [-0.25, -0.2) is 4.39 Å². The molecule has 0 aliphatic carbocycles. The molecule has 0 fully saturated rings. The van der Waals surface area contributed by atoms with Gasteiger partial charge in [-0.1, -0.05) is 24.3 Å². The van der Waals surface area contributed by atoms with Crippen LogP contribution in [0.1, 0.15) is 15.9 Å². The van der Waals surface area contributed by atoms with E-state index in [9.17, 15) is 18.0 Å². The zero-order valence-corrected chi connectivity index (χ0v) is 11.6. The Hall–Kier alpha value is -2.50. The highest BCUT2D eigenvalue weighted by molar-refractivity contribution is 5.96. The maximum absolute atomic E-state index is 12.8. The lowest BCUT2D eigenvalue weighted by Gasteiger charge is -2.10. The first-order valence-corrected chi connectivity index (χ1v) is 6.63. The second kappa shape index (κ2) is 7.49. The molecular weight excluding hydrogens is 295 g/mol. The number of ether oxygens (including phenoxy) is 1. The van der Waals surface area contributed by atoms with E-state index in [-0.39, 0.29) is 17.1 Å². The Bertz CT molecular complexity index is 630. The highest BCUT2D eigenvalue weighted by atomic mass is 19.3. The first-order chi connectivity index (χ1) is 10.6. The van der Waals surface area contributed by atoms with E-state index in [4.69, 9.17) is 0 Å². The molecule has 0 saturated carbocycles. The molecule has 0 aliphatic heterocycles. The second-order valence-corrected chi connectivity index (χ2v) is 4.51. The second-order valence-electron chi connectivity index (χ2n) is 4.51. The van der Waals surface area contributed by atoms with Crippen LogP contribution in [0, 0.1) is 5.82 Å². The Kier molecular flexibility index (Phi) is 5.41. The number of para-hydroxylation sites is 1. The van der Waals surface area contributed by atoms with E-state index in [1.54, 1.807) is 18.2 Å². The summed E-state index contributed by atoms with van der Waals surface area (Å²) in [6, 6.07) is 11.7. The van der Waals surface area contributed by atoms with Crippen LogP contribution in [0.15, 0.2) is 48.5 Å². The highest BCUT2D eigenvalue weighted by Crippen LogP contribution is 2.20. The normalized spacial score (nSPS) is 10.5. The lowest BCUT2D eigenvalue weighted by atomic mass is 10.1. The van der Waals surface area contributed by atoms with Crippen LogP contribution < -0.4 is 10.1 Å². The molecule has 0 atom stereocenters. The molecule has 6 heteroatoms. The van der Waals surface area contributed by atoms with Crippen molar-refractivity contribution in [1.82, 2.24) is 5.32 Å². The Morgan fingerprint density at radius 3 is 2.45 bits per heavy atom. The van der Waals surface area contributed by atoms with Gasteiger partial charge in [-0.2, -0.15) is 8.78 Å². The molecule has 2 aromatic carbocycles. The molecule has 2 aromatic rings. The monoisotopic (exact) mass is 309 g/mol. The van der Waals surface area contributed by atoms with Crippen LogP contribution in [0.4, 0.5) is 13.2 Å². The number of alkyl halides is 2. The van der Waals surface area contributed by atoms with Gasteiger partial charge in [0.2, 0.25) is 0 Å². The largest absolute Gasteiger partial charge is 0.434 e. The van der Waals surface area contributed by atoms with E-state index >= 15 is 0 Å². The summed E-state index contributed by atoms with van der Waals surface area (Å²) < 4.78 is 41.6. The number of hydrogen-bond donors (Lipinski definition) is 1. The lowest BCUT2D eigenvalue weighted by molar-refractivity contribution is -0.0501. The van der Waals surface area contributed by atoms with Crippen molar-refractivity contribution in [3.8, 4) is 5.75 Å². The van der Waals surface area contributed by atoms with E-state index in [1.165, 1.54) is 30.3 Å². The fraction of sp³-hybridized carbons (Fsp3) is 0.188. The molecule has 0 bridgehead atoms. The minimum atomic E-state index is -2.99. The van der Waals surface area contributed by atoms with Gasteiger partial charge >= 0.3 is 6.61 Å². The summed E-state index contributed by atoms with van der Waals surface area (Å²) in [7, 11) is 0. The third-order valence-electron chi connectivity index (χ3n) is 2.96.